The van der Waals surface area contributed by atoms with Gasteiger partial charge in [0.05, 0.1) is 11.3 Å². The smallest absolute Gasteiger partial charge is 0.299 e. The largest absolute Gasteiger partial charge is 0.308 e. The number of allylic oxidation sites excluding steroid dienone is 4. The zero-order valence-corrected chi connectivity index (χ0v) is 8.15. The lowest BCUT2D eigenvalue weighted by Crippen LogP contribution is -2.24. The Bertz CT molecular complexity index is 402. The number of rotatable bonds is 0. The third kappa shape index (κ3) is 1.13. The van der Waals surface area contributed by atoms with Crippen LogP contribution in [0, 0.1) is 5.92 Å². The Labute approximate surface area is 82.4 Å². The van der Waals surface area contributed by atoms with Crippen LogP contribution in [0.3, 0.4) is 0 Å². The average Bonchev–Trinajstić information content (AvgIpc) is 2.34. The number of Topliss-reactive ketones (excluding diaryl/α,β-unsaturated/α-hetero) is 1. The van der Waals surface area contributed by atoms with Crippen molar-refractivity contribution < 1.29 is 9.59 Å². The molecule has 0 fully saturated rings. The van der Waals surface area contributed by atoms with Gasteiger partial charge in [-0.25, -0.2) is 0 Å². The topological polar surface area (TPSA) is 37.4 Å². The molecule has 0 N–H and O–H groups in total. The van der Waals surface area contributed by atoms with Gasteiger partial charge >= 0.3 is 0 Å². The van der Waals surface area contributed by atoms with Crippen LogP contribution in [0.2, 0.25) is 0 Å². The van der Waals surface area contributed by atoms with Crippen molar-refractivity contribution in [3.8, 4) is 0 Å². The van der Waals surface area contributed by atoms with Gasteiger partial charge in [0.25, 0.3) is 11.7 Å². The maximum absolute atomic E-state index is 11.5. The van der Waals surface area contributed by atoms with Crippen LogP contribution in [0.15, 0.2) is 35.6 Å². The monoisotopic (exact) mass is 189 g/mol. The number of carbonyl (C=O) groups is 2. The first-order valence-electron chi connectivity index (χ1n) is 4.54. The molecule has 3 nitrogen and oxygen atoms in total. The van der Waals surface area contributed by atoms with E-state index >= 15 is 0 Å². The highest BCUT2D eigenvalue weighted by atomic mass is 16.2. The van der Waals surface area contributed by atoms with E-state index in [4.69, 9.17) is 0 Å². The summed E-state index contributed by atoms with van der Waals surface area (Å²) in [4.78, 5) is 24.2. The van der Waals surface area contributed by atoms with Crippen LogP contribution in [-0.2, 0) is 9.59 Å². The van der Waals surface area contributed by atoms with Crippen molar-refractivity contribution in [1.82, 2.24) is 4.90 Å². The van der Waals surface area contributed by atoms with Crippen molar-refractivity contribution in [2.24, 2.45) is 5.92 Å². The molecule has 1 aliphatic heterocycles. The summed E-state index contributed by atoms with van der Waals surface area (Å²) in [5, 5.41) is 0. The second-order valence-corrected chi connectivity index (χ2v) is 3.57. The van der Waals surface area contributed by atoms with Crippen molar-refractivity contribution in [2.45, 2.75) is 6.92 Å². The maximum Gasteiger partial charge on any atom is 0.299 e. The van der Waals surface area contributed by atoms with Gasteiger partial charge in [-0.05, 0) is 12.0 Å². The first-order chi connectivity index (χ1) is 6.61. The molecule has 0 radical (unpaired) electrons. The molecule has 14 heavy (non-hydrogen) atoms. The number of hydrogen-bond acceptors (Lipinski definition) is 2. The van der Waals surface area contributed by atoms with Gasteiger partial charge in [-0.3, -0.25) is 9.59 Å². The summed E-state index contributed by atoms with van der Waals surface area (Å²) in [7, 11) is 1.62. The Morgan fingerprint density at radius 3 is 2.57 bits per heavy atom. The maximum atomic E-state index is 11.5. The van der Waals surface area contributed by atoms with E-state index in [2.05, 4.69) is 0 Å². The molecule has 1 unspecified atom stereocenters. The van der Waals surface area contributed by atoms with Crippen LogP contribution in [0.5, 0.6) is 0 Å². The van der Waals surface area contributed by atoms with Gasteiger partial charge in [-0.2, -0.15) is 0 Å². The molecule has 3 heteroatoms. The van der Waals surface area contributed by atoms with E-state index in [1.165, 1.54) is 4.90 Å². The number of carbonyl (C=O) groups excluding carboxylic acids is 2. The summed E-state index contributed by atoms with van der Waals surface area (Å²) < 4.78 is 0. The highest BCUT2D eigenvalue weighted by molar-refractivity contribution is 6.46. The molecule has 0 aromatic rings. The average molecular weight is 189 g/mol. The molecule has 0 bridgehead atoms. The summed E-state index contributed by atoms with van der Waals surface area (Å²) in [6.45, 7) is 2.03. The minimum absolute atomic E-state index is 0.303. The third-order valence-electron chi connectivity index (χ3n) is 2.50. The Kier molecular flexibility index (Phi) is 1.88. The van der Waals surface area contributed by atoms with E-state index < -0.39 is 11.7 Å². The van der Waals surface area contributed by atoms with E-state index in [0.717, 1.165) is 0 Å². The predicted octanol–water partition coefficient (Wildman–Crippen LogP) is 1.04. The van der Waals surface area contributed by atoms with Crippen molar-refractivity contribution in [3.63, 3.8) is 0 Å². The van der Waals surface area contributed by atoms with Crippen LogP contribution in [0.1, 0.15) is 6.92 Å². The van der Waals surface area contributed by atoms with Gasteiger partial charge in [-0.15, -0.1) is 0 Å². The highest BCUT2D eigenvalue weighted by Crippen LogP contribution is 2.25. The van der Waals surface area contributed by atoms with Gasteiger partial charge in [0.2, 0.25) is 0 Å². The van der Waals surface area contributed by atoms with Crippen LogP contribution < -0.4 is 0 Å². The first kappa shape index (κ1) is 8.94. The zero-order chi connectivity index (χ0) is 10.3. The SMILES string of the molecule is CC1C=CC2=C(C=C1)N(C)C(=O)C2=O. The number of nitrogens with zero attached hydrogens (tertiary/aromatic N) is 1. The molecule has 0 aromatic carbocycles. The van der Waals surface area contributed by atoms with Crippen molar-refractivity contribution in [3.05, 3.63) is 35.6 Å². The van der Waals surface area contributed by atoms with Crippen LogP contribution in [0.4, 0.5) is 0 Å². The molecule has 0 aromatic heterocycles. The fourth-order valence-corrected chi connectivity index (χ4v) is 1.59. The Morgan fingerprint density at radius 1 is 1.21 bits per heavy atom. The van der Waals surface area contributed by atoms with E-state index in [9.17, 15) is 9.59 Å². The number of hydrogen-bond donors (Lipinski definition) is 0. The van der Waals surface area contributed by atoms with Gasteiger partial charge < -0.3 is 4.90 Å². The van der Waals surface area contributed by atoms with Gasteiger partial charge in [-0.1, -0.05) is 25.2 Å². The van der Waals surface area contributed by atoms with Crippen LogP contribution >= 0.6 is 0 Å². The van der Waals surface area contributed by atoms with E-state index in [0.29, 0.717) is 17.2 Å². The second kappa shape index (κ2) is 2.94. The highest BCUT2D eigenvalue weighted by Gasteiger charge is 2.33. The predicted molar refractivity (Wildman–Crippen MR) is 52.2 cm³/mol. The minimum Gasteiger partial charge on any atom is -0.308 e. The van der Waals surface area contributed by atoms with E-state index in [1.54, 1.807) is 13.1 Å². The standard InChI is InChI=1S/C11H11NO2/c1-7-3-5-8-9(6-4-7)12(2)11(14)10(8)13/h3-7H,1-2H3. The molecule has 72 valence electrons. The normalized spacial score (nSPS) is 25.9. The lowest BCUT2D eigenvalue weighted by molar-refractivity contribution is -0.138. The van der Waals surface area contributed by atoms with E-state index in [1.807, 2.05) is 25.2 Å². The molecule has 2 rings (SSSR count). The second-order valence-electron chi connectivity index (χ2n) is 3.57. The summed E-state index contributed by atoms with van der Waals surface area (Å²) in [6.07, 6.45) is 7.47. The third-order valence-corrected chi connectivity index (χ3v) is 2.50. The fourth-order valence-electron chi connectivity index (χ4n) is 1.59. The summed E-state index contributed by atoms with van der Waals surface area (Å²) in [6, 6.07) is 0. The molecule has 1 atom stereocenters. The fraction of sp³-hybridized carbons (Fsp3) is 0.273. The number of amides is 1. The van der Waals surface area contributed by atoms with Crippen molar-refractivity contribution in [2.75, 3.05) is 7.05 Å². The van der Waals surface area contributed by atoms with Crippen molar-refractivity contribution >= 4 is 11.7 Å². The van der Waals surface area contributed by atoms with Crippen molar-refractivity contribution in [1.29, 1.82) is 0 Å². The summed E-state index contributed by atoms with van der Waals surface area (Å²) in [5.41, 5.74) is 1.22. The van der Waals surface area contributed by atoms with Gasteiger partial charge in [0.15, 0.2) is 0 Å². The zero-order valence-electron chi connectivity index (χ0n) is 8.15. The molecule has 2 aliphatic rings. The van der Waals surface area contributed by atoms with Crippen LogP contribution in [0.25, 0.3) is 0 Å². The Balaban J connectivity index is 2.50. The quantitative estimate of drug-likeness (QED) is 0.534. The molecular weight excluding hydrogens is 178 g/mol. The van der Waals surface area contributed by atoms with Crippen LogP contribution in [-0.4, -0.2) is 23.6 Å². The first-order valence-corrected chi connectivity index (χ1v) is 4.54. The molecule has 1 amide bonds. The van der Waals surface area contributed by atoms with Gasteiger partial charge in [0.1, 0.15) is 0 Å². The molecule has 0 saturated carbocycles. The lowest BCUT2D eigenvalue weighted by Gasteiger charge is -2.09. The molecule has 1 heterocycles. The Hall–Kier alpha value is -1.64. The number of likely N-dealkylation sites (N-methyl/N-ethyl adjacent to an activating group) is 1. The molecule has 0 saturated heterocycles. The van der Waals surface area contributed by atoms with Gasteiger partial charge in [0, 0.05) is 7.05 Å². The molecular formula is C11H11NO2. The molecule has 0 spiro atoms. The minimum atomic E-state index is -0.446. The lowest BCUT2D eigenvalue weighted by atomic mass is 10.1. The summed E-state index contributed by atoms with van der Waals surface area (Å²) in [5.74, 6) is -0.548. The Morgan fingerprint density at radius 2 is 1.86 bits per heavy atom. The molecule has 1 aliphatic carbocycles. The van der Waals surface area contributed by atoms with E-state index in [-0.39, 0.29) is 0 Å². The number of ketones is 1. The summed E-state index contributed by atoms with van der Waals surface area (Å²) >= 11 is 0.